The van der Waals surface area contributed by atoms with Crippen molar-refractivity contribution in [2.24, 2.45) is 0 Å². The number of pyridine rings is 1. The lowest BCUT2D eigenvalue weighted by Gasteiger charge is -2.22. The van der Waals surface area contributed by atoms with Gasteiger partial charge in [0.2, 0.25) is 0 Å². The van der Waals surface area contributed by atoms with E-state index in [-0.39, 0.29) is 0 Å². The van der Waals surface area contributed by atoms with Gasteiger partial charge in [0, 0.05) is 65.9 Å². The van der Waals surface area contributed by atoms with E-state index in [1.165, 1.54) is 5.56 Å². The molecule has 0 radical (unpaired) electrons. The number of hydrogen-bond acceptors (Lipinski definition) is 5. The first-order chi connectivity index (χ1) is 9.86. The highest BCUT2D eigenvalue weighted by molar-refractivity contribution is 5.07. The average molecular weight is 281 g/mol. The van der Waals surface area contributed by atoms with Gasteiger partial charge in [0.05, 0.1) is 6.61 Å². The second kappa shape index (κ2) is 11.8. The third-order valence-electron chi connectivity index (χ3n) is 3.09. The molecule has 0 saturated heterocycles. The van der Waals surface area contributed by atoms with Gasteiger partial charge in [0.1, 0.15) is 0 Å². The molecule has 0 unspecified atom stereocenters. The van der Waals surface area contributed by atoms with Crippen LogP contribution in [0.15, 0.2) is 24.5 Å². The first kappa shape index (κ1) is 17.0. The van der Waals surface area contributed by atoms with Gasteiger partial charge in [-0.15, -0.1) is 0 Å². The summed E-state index contributed by atoms with van der Waals surface area (Å²) in [6.45, 7) is 6.45. The van der Waals surface area contributed by atoms with Crippen molar-refractivity contribution in [2.45, 2.75) is 13.0 Å². The van der Waals surface area contributed by atoms with Crippen LogP contribution in [0.25, 0.3) is 0 Å². The van der Waals surface area contributed by atoms with Gasteiger partial charge < -0.3 is 14.8 Å². The number of ether oxygens (including phenoxy) is 2. The largest absolute Gasteiger partial charge is 0.385 e. The van der Waals surface area contributed by atoms with E-state index in [4.69, 9.17) is 9.47 Å². The molecule has 114 valence electrons. The number of nitrogens with one attached hydrogen (secondary N) is 1. The molecule has 20 heavy (non-hydrogen) atoms. The molecule has 1 aromatic heterocycles. The number of methoxy groups -OCH3 is 2. The van der Waals surface area contributed by atoms with Crippen LogP contribution < -0.4 is 5.32 Å². The first-order valence-electron chi connectivity index (χ1n) is 7.16. The summed E-state index contributed by atoms with van der Waals surface area (Å²) in [6.07, 6.45) is 4.75. The number of hydrogen-bond donors (Lipinski definition) is 1. The highest BCUT2D eigenvalue weighted by Crippen LogP contribution is 1.95. The Kier molecular flexibility index (Phi) is 10.0. The maximum atomic E-state index is 5.15. The maximum Gasteiger partial charge on any atom is 0.0589 e. The fourth-order valence-corrected chi connectivity index (χ4v) is 1.96. The predicted octanol–water partition coefficient (Wildman–Crippen LogP) is 1.16. The Labute approximate surface area is 122 Å². The van der Waals surface area contributed by atoms with Crippen LogP contribution in [0.4, 0.5) is 0 Å². The first-order valence-corrected chi connectivity index (χ1v) is 7.16. The quantitative estimate of drug-likeness (QED) is 0.583. The Balaban J connectivity index is 2.16. The molecule has 1 heterocycles. The zero-order valence-electron chi connectivity index (χ0n) is 12.7. The molecular formula is C15H27N3O2. The van der Waals surface area contributed by atoms with Crippen LogP contribution >= 0.6 is 0 Å². The van der Waals surface area contributed by atoms with Crippen LogP contribution in [0.3, 0.4) is 0 Å². The van der Waals surface area contributed by atoms with Crippen LogP contribution in [0.2, 0.25) is 0 Å². The molecule has 0 aliphatic rings. The molecule has 0 aromatic carbocycles. The van der Waals surface area contributed by atoms with Crippen LogP contribution in [-0.2, 0) is 16.0 Å². The zero-order chi connectivity index (χ0) is 14.5. The lowest BCUT2D eigenvalue weighted by molar-refractivity contribution is 0.133. The summed E-state index contributed by atoms with van der Waals surface area (Å²) in [4.78, 5) is 6.51. The lowest BCUT2D eigenvalue weighted by Crippen LogP contribution is -2.35. The topological polar surface area (TPSA) is 46.6 Å². The molecule has 0 aliphatic carbocycles. The second-order valence-corrected chi connectivity index (χ2v) is 4.72. The van der Waals surface area contributed by atoms with Gasteiger partial charge in [-0.1, -0.05) is 6.07 Å². The monoisotopic (exact) mass is 281 g/mol. The lowest BCUT2D eigenvalue weighted by atomic mass is 10.3. The molecular weight excluding hydrogens is 254 g/mol. The maximum absolute atomic E-state index is 5.15. The molecule has 0 spiro atoms. The smallest absolute Gasteiger partial charge is 0.0589 e. The van der Waals surface area contributed by atoms with E-state index in [9.17, 15) is 0 Å². The minimum Gasteiger partial charge on any atom is -0.385 e. The summed E-state index contributed by atoms with van der Waals surface area (Å²) in [5.74, 6) is 0. The molecule has 1 N–H and O–H groups in total. The molecule has 5 heteroatoms. The van der Waals surface area contributed by atoms with Gasteiger partial charge in [-0.2, -0.15) is 0 Å². The van der Waals surface area contributed by atoms with Crippen LogP contribution in [0.1, 0.15) is 12.0 Å². The molecule has 0 aliphatic heterocycles. The number of aromatic nitrogens is 1. The van der Waals surface area contributed by atoms with Crippen molar-refractivity contribution >= 4 is 0 Å². The fraction of sp³-hybridized carbons (Fsp3) is 0.667. The van der Waals surface area contributed by atoms with Crippen molar-refractivity contribution in [3.63, 3.8) is 0 Å². The van der Waals surface area contributed by atoms with Gasteiger partial charge in [0.25, 0.3) is 0 Å². The standard InChI is InChI=1S/C15H27N3O2/c1-19-11-4-8-18(10-12-20-2)9-7-17-14-15-5-3-6-16-13-15/h3,5-6,13,17H,4,7-12,14H2,1-2H3. The predicted molar refractivity (Wildman–Crippen MR) is 80.8 cm³/mol. The fourth-order valence-electron chi connectivity index (χ4n) is 1.96. The van der Waals surface area contributed by atoms with Crippen molar-refractivity contribution in [1.29, 1.82) is 0 Å². The van der Waals surface area contributed by atoms with Crippen LogP contribution in [0.5, 0.6) is 0 Å². The minimum absolute atomic E-state index is 0.773. The summed E-state index contributed by atoms with van der Waals surface area (Å²) < 4.78 is 10.3. The molecule has 1 aromatic rings. The molecule has 5 nitrogen and oxygen atoms in total. The molecule has 0 amide bonds. The molecule has 1 rings (SSSR count). The minimum atomic E-state index is 0.773. The van der Waals surface area contributed by atoms with Gasteiger partial charge in [0.15, 0.2) is 0 Å². The molecule has 0 saturated carbocycles. The van der Waals surface area contributed by atoms with Gasteiger partial charge >= 0.3 is 0 Å². The normalized spacial score (nSPS) is 11.2. The zero-order valence-corrected chi connectivity index (χ0v) is 12.7. The van der Waals surface area contributed by atoms with Gasteiger partial charge in [-0.05, 0) is 18.1 Å². The molecule has 0 atom stereocenters. The van der Waals surface area contributed by atoms with E-state index in [1.807, 2.05) is 12.3 Å². The average Bonchev–Trinajstić information content (AvgIpc) is 2.49. The van der Waals surface area contributed by atoms with E-state index in [1.54, 1.807) is 20.4 Å². The Bertz CT molecular complexity index is 322. The van der Waals surface area contributed by atoms with E-state index in [2.05, 4.69) is 21.3 Å². The van der Waals surface area contributed by atoms with Crippen molar-refractivity contribution < 1.29 is 9.47 Å². The van der Waals surface area contributed by atoms with Crippen molar-refractivity contribution in [3.8, 4) is 0 Å². The Morgan fingerprint density at radius 3 is 2.70 bits per heavy atom. The van der Waals surface area contributed by atoms with E-state index in [0.717, 1.165) is 52.4 Å². The highest BCUT2D eigenvalue weighted by atomic mass is 16.5. The molecule has 0 fully saturated rings. The SMILES string of the molecule is COCCCN(CCNCc1cccnc1)CCOC. The van der Waals surface area contributed by atoms with Crippen molar-refractivity contribution in [1.82, 2.24) is 15.2 Å². The van der Waals surface area contributed by atoms with E-state index >= 15 is 0 Å². The number of rotatable bonds is 12. The van der Waals surface area contributed by atoms with Gasteiger partial charge in [-0.3, -0.25) is 9.88 Å². The van der Waals surface area contributed by atoms with E-state index in [0.29, 0.717) is 0 Å². The van der Waals surface area contributed by atoms with E-state index < -0.39 is 0 Å². The van der Waals surface area contributed by atoms with Crippen LogP contribution in [-0.4, -0.2) is 63.5 Å². The third kappa shape index (κ3) is 8.22. The summed E-state index contributed by atoms with van der Waals surface area (Å²) in [7, 11) is 3.49. The Hall–Kier alpha value is -1.01. The van der Waals surface area contributed by atoms with Crippen LogP contribution in [0, 0.1) is 0 Å². The third-order valence-corrected chi connectivity index (χ3v) is 3.09. The Morgan fingerprint density at radius 1 is 1.15 bits per heavy atom. The second-order valence-electron chi connectivity index (χ2n) is 4.72. The highest BCUT2D eigenvalue weighted by Gasteiger charge is 2.04. The van der Waals surface area contributed by atoms with Crippen molar-refractivity contribution in [3.05, 3.63) is 30.1 Å². The summed E-state index contributed by atoms with van der Waals surface area (Å²) in [5.41, 5.74) is 1.22. The van der Waals surface area contributed by atoms with Gasteiger partial charge in [-0.25, -0.2) is 0 Å². The van der Waals surface area contributed by atoms with Crippen molar-refractivity contribution in [2.75, 3.05) is 53.6 Å². The summed E-state index contributed by atoms with van der Waals surface area (Å²) in [5, 5.41) is 3.45. The summed E-state index contributed by atoms with van der Waals surface area (Å²) >= 11 is 0. The summed E-state index contributed by atoms with van der Waals surface area (Å²) in [6, 6.07) is 4.05. The Morgan fingerprint density at radius 2 is 2.00 bits per heavy atom. The number of nitrogens with zero attached hydrogens (tertiary/aromatic N) is 2. The molecule has 0 bridgehead atoms.